The van der Waals surface area contributed by atoms with E-state index in [9.17, 15) is 0 Å². The lowest BCUT2D eigenvalue weighted by atomic mass is 10.2. The number of pyridine rings is 1. The van der Waals surface area contributed by atoms with Crippen molar-refractivity contribution in [2.24, 2.45) is 0 Å². The van der Waals surface area contributed by atoms with Gasteiger partial charge in [-0.1, -0.05) is 30.4 Å². The average molecular weight is 284 g/mol. The van der Waals surface area contributed by atoms with Crippen LogP contribution in [0, 0.1) is 0 Å². The Morgan fingerprint density at radius 2 is 1.95 bits per heavy atom. The fourth-order valence-corrected chi connectivity index (χ4v) is 2.23. The molecule has 20 heavy (non-hydrogen) atoms. The van der Waals surface area contributed by atoms with E-state index in [1.165, 1.54) is 16.8 Å². The minimum Gasteiger partial charge on any atom is -0.363 e. The van der Waals surface area contributed by atoms with Gasteiger partial charge in [0.1, 0.15) is 0 Å². The number of hydrogen-bond donors (Lipinski definition) is 1. The molecule has 2 rings (SSSR count). The third-order valence-electron chi connectivity index (χ3n) is 3.14. The van der Waals surface area contributed by atoms with Gasteiger partial charge in [0.25, 0.3) is 0 Å². The summed E-state index contributed by atoms with van der Waals surface area (Å²) in [7, 11) is 0. The summed E-state index contributed by atoms with van der Waals surface area (Å²) in [5.74, 6) is 0.776. The van der Waals surface area contributed by atoms with Crippen LogP contribution >= 0.6 is 12.6 Å². The van der Waals surface area contributed by atoms with Crippen LogP contribution in [0.2, 0.25) is 0 Å². The van der Waals surface area contributed by atoms with Gasteiger partial charge in [-0.3, -0.25) is 4.98 Å². The maximum atomic E-state index is 4.30. The minimum atomic E-state index is 0.776. The summed E-state index contributed by atoms with van der Waals surface area (Å²) < 4.78 is 0. The second-order valence-electron chi connectivity index (χ2n) is 4.64. The van der Waals surface area contributed by atoms with Crippen molar-refractivity contribution in [1.29, 1.82) is 0 Å². The lowest BCUT2D eigenvalue weighted by molar-refractivity contribution is 0.861. The molecule has 1 aromatic heterocycles. The van der Waals surface area contributed by atoms with E-state index in [1.807, 2.05) is 19.2 Å². The first kappa shape index (κ1) is 14.7. The summed E-state index contributed by atoms with van der Waals surface area (Å²) in [5.41, 5.74) is 3.68. The van der Waals surface area contributed by atoms with E-state index in [4.69, 9.17) is 0 Å². The fraction of sp³-hybridized carbons (Fsp3) is 0.235. The summed E-state index contributed by atoms with van der Waals surface area (Å²) in [6.45, 7) is 3.80. The van der Waals surface area contributed by atoms with Crippen LogP contribution in [0.15, 0.2) is 60.9 Å². The van der Waals surface area contributed by atoms with Gasteiger partial charge in [0.05, 0.1) is 0 Å². The quantitative estimate of drug-likeness (QED) is 0.635. The number of nitrogens with zero attached hydrogens (tertiary/aromatic N) is 2. The van der Waals surface area contributed by atoms with Gasteiger partial charge in [0.2, 0.25) is 0 Å². The Morgan fingerprint density at radius 3 is 2.55 bits per heavy atom. The zero-order chi connectivity index (χ0) is 14.2. The predicted octanol–water partition coefficient (Wildman–Crippen LogP) is 4.09. The van der Waals surface area contributed by atoms with Crippen molar-refractivity contribution in [3.63, 3.8) is 0 Å². The van der Waals surface area contributed by atoms with Crippen molar-refractivity contribution in [1.82, 2.24) is 4.98 Å². The topological polar surface area (TPSA) is 16.1 Å². The Kier molecular flexibility index (Phi) is 5.69. The SMILES string of the molecule is CC=CCN(Cc1cccnc1)c1ccc(CS)cc1. The van der Waals surface area contributed by atoms with Gasteiger partial charge in [-0.05, 0) is 36.2 Å². The maximum absolute atomic E-state index is 4.30. The van der Waals surface area contributed by atoms with Gasteiger partial charge in [-0.25, -0.2) is 0 Å². The molecule has 0 aliphatic rings. The van der Waals surface area contributed by atoms with E-state index in [2.05, 4.69) is 65.0 Å². The van der Waals surface area contributed by atoms with Crippen molar-refractivity contribution >= 4 is 18.3 Å². The molecule has 104 valence electrons. The first-order valence-electron chi connectivity index (χ1n) is 6.78. The smallest absolute Gasteiger partial charge is 0.0448 e. The highest BCUT2D eigenvalue weighted by atomic mass is 32.1. The van der Waals surface area contributed by atoms with Gasteiger partial charge >= 0.3 is 0 Å². The molecule has 0 saturated heterocycles. The molecule has 0 saturated carbocycles. The van der Waals surface area contributed by atoms with E-state index in [0.717, 1.165) is 18.8 Å². The molecule has 0 atom stereocenters. The minimum absolute atomic E-state index is 0.776. The first-order chi connectivity index (χ1) is 9.83. The van der Waals surface area contributed by atoms with Gasteiger partial charge in [-0.2, -0.15) is 12.6 Å². The van der Waals surface area contributed by atoms with Crippen LogP contribution in [0.4, 0.5) is 5.69 Å². The lowest BCUT2D eigenvalue weighted by Crippen LogP contribution is -2.22. The van der Waals surface area contributed by atoms with Crippen molar-refractivity contribution in [2.45, 2.75) is 19.2 Å². The van der Waals surface area contributed by atoms with Crippen molar-refractivity contribution in [3.05, 3.63) is 72.1 Å². The molecule has 0 bridgehead atoms. The van der Waals surface area contributed by atoms with E-state index < -0.39 is 0 Å². The molecule has 0 radical (unpaired) electrons. The summed E-state index contributed by atoms with van der Waals surface area (Å²) in [6, 6.07) is 12.7. The van der Waals surface area contributed by atoms with Crippen LogP contribution < -0.4 is 4.90 Å². The number of hydrogen-bond acceptors (Lipinski definition) is 3. The molecule has 1 aromatic carbocycles. The van der Waals surface area contributed by atoms with Crippen LogP contribution in [0.3, 0.4) is 0 Å². The van der Waals surface area contributed by atoms with Crippen molar-refractivity contribution < 1.29 is 0 Å². The van der Waals surface area contributed by atoms with Gasteiger partial charge < -0.3 is 4.90 Å². The molecular formula is C17H20N2S. The second-order valence-corrected chi connectivity index (χ2v) is 4.95. The molecule has 0 spiro atoms. The number of allylic oxidation sites excluding steroid dienone is 1. The van der Waals surface area contributed by atoms with Gasteiger partial charge in [-0.15, -0.1) is 0 Å². The van der Waals surface area contributed by atoms with Crippen LogP contribution in [0.5, 0.6) is 0 Å². The molecule has 2 aromatic rings. The third-order valence-corrected chi connectivity index (χ3v) is 3.51. The van der Waals surface area contributed by atoms with Crippen LogP contribution in [0.1, 0.15) is 18.1 Å². The highest BCUT2D eigenvalue weighted by Gasteiger charge is 2.06. The number of anilines is 1. The molecule has 1 heterocycles. The average Bonchev–Trinajstić information content (AvgIpc) is 2.52. The zero-order valence-electron chi connectivity index (χ0n) is 11.7. The van der Waals surface area contributed by atoms with Gasteiger partial charge in [0, 0.05) is 36.9 Å². The normalized spacial score (nSPS) is 10.9. The largest absolute Gasteiger partial charge is 0.363 e. The van der Waals surface area contributed by atoms with E-state index >= 15 is 0 Å². The molecule has 0 fully saturated rings. The monoisotopic (exact) mass is 284 g/mol. The molecule has 0 unspecified atom stereocenters. The lowest BCUT2D eigenvalue weighted by Gasteiger charge is -2.23. The molecule has 3 heteroatoms. The van der Waals surface area contributed by atoms with E-state index in [0.29, 0.717) is 0 Å². The standard InChI is InChI=1S/C17H20N2S/c1-2-3-11-19(13-16-5-4-10-18-12-16)17-8-6-15(14-20)7-9-17/h2-10,12,20H,11,13-14H2,1H3. The van der Waals surface area contributed by atoms with E-state index in [-0.39, 0.29) is 0 Å². The Morgan fingerprint density at radius 1 is 1.15 bits per heavy atom. The number of thiol groups is 1. The second kappa shape index (κ2) is 7.75. The number of aromatic nitrogens is 1. The predicted molar refractivity (Wildman–Crippen MR) is 89.2 cm³/mol. The first-order valence-corrected chi connectivity index (χ1v) is 7.41. The summed E-state index contributed by atoms with van der Waals surface area (Å²) in [6.07, 6.45) is 7.98. The summed E-state index contributed by atoms with van der Waals surface area (Å²) in [4.78, 5) is 6.52. The van der Waals surface area contributed by atoms with Crippen LogP contribution in [0.25, 0.3) is 0 Å². The maximum Gasteiger partial charge on any atom is 0.0448 e. The van der Waals surface area contributed by atoms with E-state index in [1.54, 1.807) is 6.20 Å². The molecule has 0 aliphatic carbocycles. The fourth-order valence-electron chi connectivity index (χ4n) is 2.02. The van der Waals surface area contributed by atoms with Crippen LogP contribution in [-0.2, 0) is 12.3 Å². The number of benzene rings is 1. The molecule has 0 N–H and O–H groups in total. The highest BCUT2D eigenvalue weighted by molar-refractivity contribution is 7.79. The van der Waals surface area contributed by atoms with Crippen molar-refractivity contribution in [2.75, 3.05) is 11.4 Å². The Labute approximate surface area is 126 Å². The molecule has 0 amide bonds. The Hall–Kier alpha value is -1.74. The zero-order valence-corrected chi connectivity index (χ0v) is 12.6. The van der Waals surface area contributed by atoms with Gasteiger partial charge in [0.15, 0.2) is 0 Å². The number of rotatable bonds is 6. The molecule has 0 aliphatic heterocycles. The molecular weight excluding hydrogens is 264 g/mol. The highest BCUT2D eigenvalue weighted by Crippen LogP contribution is 2.18. The summed E-state index contributed by atoms with van der Waals surface area (Å²) in [5, 5.41) is 0. The third kappa shape index (κ3) is 4.14. The summed E-state index contributed by atoms with van der Waals surface area (Å²) >= 11 is 4.30. The van der Waals surface area contributed by atoms with Crippen molar-refractivity contribution in [3.8, 4) is 0 Å². The Bertz CT molecular complexity index is 535. The Balaban J connectivity index is 2.17. The van der Waals surface area contributed by atoms with Crippen LogP contribution in [-0.4, -0.2) is 11.5 Å². The molecule has 2 nitrogen and oxygen atoms in total.